The summed E-state index contributed by atoms with van der Waals surface area (Å²) in [4.78, 5) is 15.9. The maximum atomic E-state index is 11.4. The number of nitrogens with zero attached hydrogens (tertiary/aromatic N) is 2. The van der Waals surface area contributed by atoms with Gasteiger partial charge in [-0.1, -0.05) is 60.7 Å². The Morgan fingerprint density at radius 1 is 0.704 bits per heavy atom. The monoisotopic (exact) mass is 350 g/mol. The van der Waals surface area contributed by atoms with Crippen LogP contribution in [-0.4, -0.2) is 9.91 Å². The molecule has 5 rings (SSSR count). The molecule has 0 spiro atoms. The third-order valence-corrected chi connectivity index (χ3v) is 4.94. The Bertz CT molecular complexity index is 1350. The van der Waals surface area contributed by atoms with Gasteiger partial charge in [0, 0.05) is 28.5 Å². The highest BCUT2D eigenvalue weighted by atomic mass is 16.6. The molecule has 128 valence electrons. The summed E-state index contributed by atoms with van der Waals surface area (Å²) in [6.45, 7) is 0. The van der Waals surface area contributed by atoms with Crippen LogP contribution < -0.4 is 0 Å². The summed E-state index contributed by atoms with van der Waals surface area (Å²) in [6.07, 6.45) is 0. The van der Waals surface area contributed by atoms with Gasteiger partial charge in [-0.25, -0.2) is 4.98 Å². The van der Waals surface area contributed by atoms with Crippen molar-refractivity contribution in [2.45, 2.75) is 0 Å². The average molecular weight is 350 g/mol. The van der Waals surface area contributed by atoms with Gasteiger partial charge in [-0.15, -0.1) is 0 Å². The number of para-hydroxylation sites is 1. The number of nitro groups is 1. The predicted molar refractivity (Wildman–Crippen MR) is 109 cm³/mol. The number of rotatable bonds is 2. The Labute approximate surface area is 154 Å². The molecule has 0 aliphatic heterocycles. The number of pyridine rings is 1. The number of aromatic nitrogens is 1. The molecular weight excluding hydrogens is 336 g/mol. The van der Waals surface area contributed by atoms with E-state index < -0.39 is 0 Å². The number of benzene rings is 4. The number of non-ortho nitro benzene ring substituents is 1. The van der Waals surface area contributed by atoms with Crippen LogP contribution in [0.4, 0.5) is 5.69 Å². The molecule has 0 aliphatic carbocycles. The number of fused-ring (bicyclic) bond motifs is 4. The first kappa shape index (κ1) is 15.5. The second kappa shape index (κ2) is 5.88. The third kappa shape index (κ3) is 2.42. The zero-order valence-corrected chi connectivity index (χ0v) is 14.3. The Morgan fingerprint density at radius 3 is 2.30 bits per heavy atom. The van der Waals surface area contributed by atoms with Gasteiger partial charge in [0.15, 0.2) is 0 Å². The molecule has 4 heteroatoms. The zero-order valence-electron chi connectivity index (χ0n) is 14.3. The normalized spacial score (nSPS) is 11.3. The van der Waals surface area contributed by atoms with Gasteiger partial charge in [0.2, 0.25) is 0 Å². The summed E-state index contributed by atoms with van der Waals surface area (Å²) >= 11 is 0. The summed E-state index contributed by atoms with van der Waals surface area (Å²) in [6, 6.07) is 27.1. The zero-order chi connectivity index (χ0) is 18.4. The van der Waals surface area contributed by atoms with E-state index in [1.807, 2.05) is 54.6 Å². The quantitative estimate of drug-likeness (QED) is 0.219. The van der Waals surface area contributed by atoms with Gasteiger partial charge in [-0.2, -0.15) is 0 Å². The maximum Gasteiger partial charge on any atom is 0.270 e. The van der Waals surface area contributed by atoms with E-state index >= 15 is 0 Å². The number of nitro benzene ring substituents is 1. The van der Waals surface area contributed by atoms with Crippen molar-refractivity contribution in [3.8, 4) is 11.3 Å². The summed E-state index contributed by atoms with van der Waals surface area (Å²) < 4.78 is 0. The molecule has 4 aromatic carbocycles. The van der Waals surface area contributed by atoms with Crippen molar-refractivity contribution in [2.24, 2.45) is 0 Å². The molecule has 0 bridgehead atoms. The van der Waals surface area contributed by atoms with Gasteiger partial charge in [0.25, 0.3) is 5.69 Å². The summed E-state index contributed by atoms with van der Waals surface area (Å²) in [7, 11) is 0. The molecule has 0 unspecified atom stereocenters. The highest BCUT2D eigenvalue weighted by molar-refractivity contribution is 6.13. The van der Waals surface area contributed by atoms with Gasteiger partial charge < -0.3 is 0 Å². The van der Waals surface area contributed by atoms with Crippen molar-refractivity contribution in [3.05, 3.63) is 95.0 Å². The number of hydrogen-bond acceptors (Lipinski definition) is 3. The van der Waals surface area contributed by atoms with E-state index in [9.17, 15) is 10.1 Å². The van der Waals surface area contributed by atoms with Crippen molar-refractivity contribution in [3.63, 3.8) is 0 Å². The molecule has 0 N–H and O–H groups in total. The van der Waals surface area contributed by atoms with Gasteiger partial charge in [-0.05, 0) is 28.3 Å². The minimum absolute atomic E-state index is 0.0704. The van der Waals surface area contributed by atoms with Gasteiger partial charge in [-0.3, -0.25) is 10.1 Å². The lowest BCUT2D eigenvalue weighted by molar-refractivity contribution is -0.384. The Kier molecular flexibility index (Phi) is 3.37. The van der Waals surface area contributed by atoms with Crippen molar-refractivity contribution < 1.29 is 4.92 Å². The van der Waals surface area contributed by atoms with Crippen LogP contribution in [0.3, 0.4) is 0 Å². The van der Waals surface area contributed by atoms with Crippen LogP contribution in [0, 0.1) is 10.1 Å². The molecule has 5 aromatic rings. The molecule has 0 atom stereocenters. The molecule has 27 heavy (non-hydrogen) atoms. The predicted octanol–water partition coefficient (Wildman–Crippen LogP) is 6.12. The maximum absolute atomic E-state index is 11.4. The first-order valence-corrected chi connectivity index (χ1v) is 8.67. The Hall–Kier alpha value is -3.79. The van der Waals surface area contributed by atoms with Crippen LogP contribution in [0.15, 0.2) is 84.9 Å². The molecule has 0 saturated carbocycles. The van der Waals surface area contributed by atoms with Gasteiger partial charge in [0.05, 0.1) is 16.1 Å². The smallest absolute Gasteiger partial charge is 0.258 e. The minimum Gasteiger partial charge on any atom is -0.258 e. The van der Waals surface area contributed by atoms with E-state index in [1.165, 1.54) is 0 Å². The van der Waals surface area contributed by atoms with Crippen LogP contribution >= 0.6 is 0 Å². The minimum atomic E-state index is -0.360. The lowest BCUT2D eigenvalue weighted by atomic mass is 9.96. The average Bonchev–Trinajstić information content (AvgIpc) is 2.72. The SMILES string of the molecule is O=[N+]([O-])c1ccc2c(c1)c(-c1cccc3ccccc13)nc1ccccc12. The highest BCUT2D eigenvalue weighted by Gasteiger charge is 2.15. The van der Waals surface area contributed by atoms with Crippen LogP contribution in [0.2, 0.25) is 0 Å². The van der Waals surface area contributed by atoms with Crippen LogP contribution in [0.5, 0.6) is 0 Å². The molecule has 0 aliphatic rings. The fourth-order valence-electron chi connectivity index (χ4n) is 3.69. The molecule has 0 amide bonds. The molecule has 1 aromatic heterocycles. The van der Waals surface area contributed by atoms with Crippen LogP contribution in [0.1, 0.15) is 0 Å². The molecule has 0 fully saturated rings. The van der Waals surface area contributed by atoms with Crippen molar-refractivity contribution >= 4 is 38.1 Å². The fraction of sp³-hybridized carbons (Fsp3) is 0. The molecule has 4 nitrogen and oxygen atoms in total. The number of hydrogen-bond donors (Lipinski definition) is 0. The van der Waals surface area contributed by atoms with E-state index in [0.29, 0.717) is 0 Å². The second-order valence-corrected chi connectivity index (χ2v) is 6.49. The van der Waals surface area contributed by atoms with E-state index in [-0.39, 0.29) is 10.6 Å². The van der Waals surface area contributed by atoms with Crippen molar-refractivity contribution in [2.75, 3.05) is 0 Å². The summed E-state index contributed by atoms with van der Waals surface area (Å²) in [5.74, 6) is 0. The topological polar surface area (TPSA) is 56.0 Å². The first-order chi connectivity index (χ1) is 13.2. The van der Waals surface area contributed by atoms with E-state index in [1.54, 1.807) is 12.1 Å². The van der Waals surface area contributed by atoms with E-state index in [0.717, 1.165) is 43.7 Å². The largest absolute Gasteiger partial charge is 0.270 e. The summed E-state index contributed by atoms with van der Waals surface area (Å²) in [5, 5.41) is 16.3. The van der Waals surface area contributed by atoms with Crippen LogP contribution in [-0.2, 0) is 0 Å². The standard InChI is InChI=1S/C23H14N2O2/c26-25(27)16-12-13-18-19-9-3-4-11-22(19)24-23(21(18)14-16)20-10-5-7-15-6-1-2-8-17(15)20/h1-14H. The molecule has 1 heterocycles. The Morgan fingerprint density at radius 2 is 1.44 bits per heavy atom. The van der Waals surface area contributed by atoms with Gasteiger partial charge >= 0.3 is 0 Å². The Balaban J connectivity index is 1.97. The fourth-order valence-corrected chi connectivity index (χ4v) is 3.69. The first-order valence-electron chi connectivity index (χ1n) is 8.67. The van der Waals surface area contributed by atoms with Crippen molar-refractivity contribution in [1.82, 2.24) is 4.98 Å². The lowest BCUT2D eigenvalue weighted by Crippen LogP contribution is -1.93. The highest BCUT2D eigenvalue weighted by Crippen LogP contribution is 2.37. The van der Waals surface area contributed by atoms with Crippen LogP contribution in [0.25, 0.3) is 43.7 Å². The molecule has 0 saturated heterocycles. The van der Waals surface area contributed by atoms with Crippen molar-refractivity contribution in [1.29, 1.82) is 0 Å². The van der Waals surface area contributed by atoms with Gasteiger partial charge in [0.1, 0.15) is 0 Å². The van der Waals surface area contributed by atoms with E-state index in [2.05, 4.69) is 18.2 Å². The second-order valence-electron chi connectivity index (χ2n) is 6.49. The lowest BCUT2D eigenvalue weighted by Gasteiger charge is -2.12. The van der Waals surface area contributed by atoms with E-state index in [4.69, 9.17) is 4.98 Å². The molecular formula is C23H14N2O2. The summed E-state index contributed by atoms with van der Waals surface area (Å²) in [5.41, 5.74) is 2.69. The molecule has 0 radical (unpaired) electrons. The third-order valence-electron chi connectivity index (χ3n) is 4.94.